The van der Waals surface area contributed by atoms with Crippen molar-refractivity contribution in [2.24, 2.45) is 0 Å². The van der Waals surface area contributed by atoms with E-state index in [9.17, 15) is 0 Å². The second-order valence-corrected chi connectivity index (χ2v) is 40.8. The Hall–Kier alpha value is -10.8. The summed E-state index contributed by atoms with van der Waals surface area (Å²) >= 11 is 0. The van der Waals surface area contributed by atoms with E-state index < -0.39 is 24.1 Å². The molecule has 788 valence electrons. The molecule has 0 unspecified atom stereocenters. The molecule has 0 fully saturated rings. The number of hydrogen-bond acceptors (Lipinski definition) is 12. The number of hydrogen-bond donors (Lipinski definition) is 8. The van der Waals surface area contributed by atoms with Crippen molar-refractivity contribution in [1.82, 2.24) is 0 Å². The van der Waals surface area contributed by atoms with Crippen molar-refractivity contribution in [3.05, 3.63) is 190 Å². The lowest BCUT2D eigenvalue weighted by molar-refractivity contribution is 0.261. The van der Waals surface area contributed by atoms with Crippen molar-refractivity contribution in [1.29, 1.82) is 0 Å². The van der Waals surface area contributed by atoms with Gasteiger partial charge in [0.25, 0.3) is 0 Å². The number of carbonyl (C=O) groups excluding carboxylic acids is 4. The average molecular weight is 1970 g/mol. The van der Waals surface area contributed by atoms with Gasteiger partial charge in [0.05, 0.1) is 52.9 Å². The molecule has 3 aliphatic rings. The van der Waals surface area contributed by atoms with Crippen LogP contribution in [0.15, 0.2) is 146 Å². The zero-order valence-corrected chi connectivity index (χ0v) is 88.8. The summed E-state index contributed by atoms with van der Waals surface area (Å²) in [6.45, 7) is 12.9. The van der Waals surface area contributed by atoms with Crippen LogP contribution in [0.3, 0.4) is 0 Å². The van der Waals surface area contributed by atoms with Gasteiger partial charge in [0.15, 0.2) is 0 Å². The Kier molecular flexibility index (Phi) is 54.7. The Labute approximate surface area is 866 Å². The number of fused-ring (bicyclic) bond motifs is 16. The lowest BCUT2D eigenvalue weighted by Crippen LogP contribution is -2.21. The van der Waals surface area contributed by atoms with E-state index in [2.05, 4.69) is 70.2 Å². The molecule has 11 rings (SSSR count). The average Bonchev–Trinajstić information content (AvgIpc) is 0.768. The van der Waals surface area contributed by atoms with Crippen LogP contribution in [0.2, 0.25) is 0 Å². The molecule has 20 heteroatoms. The van der Waals surface area contributed by atoms with E-state index in [4.69, 9.17) is 37.9 Å². The highest BCUT2D eigenvalue weighted by atomic mass is 16.5. The van der Waals surface area contributed by atoms with Crippen LogP contribution in [0.5, 0.6) is 46.0 Å². The van der Waals surface area contributed by atoms with E-state index in [0.29, 0.717) is 144 Å². The summed E-state index contributed by atoms with van der Waals surface area (Å²) in [5, 5.41) is 26.3. The van der Waals surface area contributed by atoms with Crippen LogP contribution in [0.4, 0.5) is 64.7 Å². The minimum atomic E-state index is -0.455. The van der Waals surface area contributed by atoms with Crippen molar-refractivity contribution >= 4 is 69.6 Å². The number of amides is 8. The van der Waals surface area contributed by atoms with Crippen molar-refractivity contribution in [2.75, 3.05) is 95.4 Å². The largest absolute Gasteiger partial charge is 0.494 e. The number of nitrogens with one attached hydrogen (secondary N) is 8. The van der Waals surface area contributed by atoms with Gasteiger partial charge in [-0.1, -0.05) is 360 Å². The van der Waals surface area contributed by atoms with Crippen LogP contribution in [-0.2, 0) is 25.7 Å². The maximum absolute atomic E-state index is 15.3. The first-order valence-electron chi connectivity index (χ1n) is 57.3. The number of unbranched alkanes of at least 4 members (excludes halogenated alkanes) is 28. The Morgan fingerprint density at radius 3 is 0.535 bits per heavy atom. The highest BCUT2D eigenvalue weighted by Crippen LogP contribution is 2.45. The molecule has 8 aromatic rings. The third-order valence-electron chi connectivity index (χ3n) is 28.0. The van der Waals surface area contributed by atoms with Gasteiger partial charge in [0.2, 0.25) is 0 Å². The van der Waals surface area contributed by atoms with Gasteiger partial charge in [-0.05, 0) is 148 Å². The lowest BCUT2D eigenvalue weighted by atomic mass is 9.90. The summed E-state index contributed by atoms with van der Waals surface area (Å²) in [4.78, 5) is 61.2. The van der Waals surface area contributed by atoms with Crippen LogP contribution < -0.4 is 80.4 Å². The third kappa shape index (κ3) is 44.7. The molecular formula is C124H180N8O12. The molecule has 8 N–H and O–H groups in total. The molecule has 1 aliphatic carbocycles. The maximum Gasteiger partial charge on any atom is 0.323 e. The standard InChI is InChI=1S/C124H180N8O12/c1-5-9-13-17-21-37-49-57-77-141-117-97-81-98-86-110-91-103(118(98)142-78-58-50-38-22-18-14-10-6-2)84-104-92-112-88-100(120(104)144-80-60-52-40-24-20-16-12-8-4)82-99-87-111(131-123(135)127-107-67-63-71-115(95-107)139-75-55-47-43-35-31-27-28-32-36-44-48-56-76-140-116-72-64-68-108(96-116)128-124(136)132-112)90-102(119(99)143-79-59-51-39-23-19-15-11-7-3)83-101(117)89-109(85-97)129-121(133)125-105-65-61-69-113(93-105)137-73-53-45-41-33-29-25-26-30-34-42-46-54-74-138-114-70-62-66-106(94-114)126-122(134)130-110/h61-72,85-96H,5-60,73-84H2,1-4H3,(H2,125,129,133)(H2,126,130,134)(H2,127,131,135)(H2,128,132,136). The summed E-state index contributed by atoms with van der Waals surface area (Å²) in [6, 6.07) is 45.1. The summed E-state index contributed by atoms with van der Waals surface area (Å²) in [5.74, 6) is 5.26. The van der Waals surface area contributed by atoms with Crippen molar-refractivity contribution in [2.45, 2.75) is 413 Å². The Balaban J connectivity index is 1.13. The summed E-state index contributed by atoms with van der Waals surface area (Å²) in [7, 11) is 0. The highest BCUT2D eigenvalue weighted by Gasteiger charge is 2.28. The van der Waals surface area contributed by atoms with Crippen LogP contribution >= 0.6 is 0 Å². The van der Waals surface area contributed by atoms with Crippen molar-refractivity contribution < 1.29 is 57.1 Å². The SMILES string of the molecule is CCCCCCCCCCOc1c2cc3cc1Cc1cc4cc(c1OCCCCCCCCCC)Cc1cc(cc(c1OCCCCCCCCCC)Cc1cc(cc(c1OCCCCCCCCCC)C2)NC(=O)Nc1cccc(c1)OCCCCCCCCCCCCCCOc1cccc(c1)NC(=O)N3)NC(=O)Nc1cccc(c1)OCCCCCCCCCCCCCCOc1cccc(c1)NC(=O)N4. The smallest absolute Gasteiger partial charge is 0.323 e. The second kappa shape index (κ2) is 69.3. The van der Waals surface area contributed by atoms with Crippen molar-refractivity contribution in [3.8, 4) is 46.0 Å². The van der Waals surface area contributed by atoms with E-state index in [1.165, 1.54) is 205 Å². The topological polar surface area (TPSA) is 238 Å². The van der Waals surface area contributed by atoms with E-state index in [-0.39, 0.29) is 25.7 Å². The number of rotatable bonds is 40. The second-order valence-electron chi connectivity index (χ2n) is 40.8. The Morgan fingerprint density at radius 1 is 0.194 bits per heavy atom. The van der Waals surface area contributed by atoms with Crippen LogP contribution in [-0.4, -0.2) is 77.0 Å². The Bertz CT molecular complexity index is 4290. The molecule has 8 aromatic carbocycles. The lowest BCUT2D eigenvalue weighted by Gasteiger charge is -2.25. The monoisotopic (exact) mass is 1970 g/mol. The van der Waals surface area contributed by atoms with Gasteiger partial charge in [0, 0.05) is 140 Å². The Morgan fingerprint density at radius 2 is 0.354 bits per heavy atom. The minimum absolute atomic E-state index is 0.189. The van der Waals surface area contributed by atoms with Gasteiger partial charge in [-0.15, -0.1) is 0 Å². The summed E-state index contributed by atoms with van der Waals surface area (Å²) in [6.07, 6.45) is 63.6. The molecular weight excluding hydrogens is 1790 g/mol. The molecule has 8 amide bonds. The van der Waals surface area contributed by atoms with Crippen molar-refractivity contribution in [3.63, 3.8) is 0 Å². The number of urea groups is 4. The molecule has 0 atom stereocenters. The number of benzene rings is 8. The molecule has 2 heterocycles. The van der Waals surface area contributed by atoms with Gasteiger partial charge < -0.3 is 80.4 Å². The van der Waals surface area contributed by atoms with Crippen LogP contribution in [0, 0.1) is 0 Å². The number of ether oxygens (including phenoxy) is 8. The fourth-order valence-electron chi connectivity index (χ4n) is 20.1. The fraction of sp³-hybridized carbons (Fsp3) is 0.581. The van der Waals surface area contributed by atoms with Gasteiger partial charge in [-0.3, -0.25) is 0 Å². The van der Waals surface area contributed by atoms with E-state index in [1.807, 2.05) is 146 Å². The molecule has 20 bridgehead atoms. The first kappa shape index (κ1) is 114. The predicted molar refractivity (Wildman–Crippen MR) is 599 cm³/mol. The molecule has 0 saturated heterocycles. The van der Waals surface area contributed by atoms with Gasteiger partial charge in [-0.25, -0.2) is 19.2 Å². The first-order chi connectivity index (χ1) is 70.9. The first-order valence-corrected chi connectivity index (χ1v) is 57.3. The molecule has 0 spiro atoms. The number of anilines is 8. The summed E-state index contributed by atoms with van der Waals surface area (Å²) < 4.78 is 55.9. The quantitative estimate of drug-likeness (QED) is 0.0167. The van der Waals surface area contributed by atoms with Gasteiger partial charge in [0.1, 0.15) is 46.0 Å². The maximum atomic E-state index is 15.3. The molecule has 0 aromatic heterocycles. The zero-order valence-electron chi connectivity index (χ0n) is 88.8. The zero-order chi connectivity index (χ0) is 101. The normalized spacial score (nSPS) is 15.4. The van der Waals surface area contributed by atoms with E-state index in [0.717, 1.165) is 199 Å². The predicted octanol–water partition coefficient (Wildman–Crippen LogP) is 35.9. The minimum Gasteiger partial charge on any atom is -0.494 e. The van der Waals surface area contributed by atoms with Gasteiger partial charge in [-0.2, -0.15) is 0 Å². The molecule has 0 saturated carbocycles. The molecule has 0 radical (unpaired) electrons. The third-order valence-corrected chi connectivity index (χ3v) is 28.0. The van der Waals surface area contributed by atoms with Crippen LogP contribution in [0.1, 0.15) is 432 Å². The molecule has 2 aliphatic heterocycles. The van der Waals surface area contributed by atoms with Gasteiger partial charge >= 0.3 is 24.1 Å². The molecule has 20 nitrogen and oxygen atoms in total. The summed E-state index contributed by atoms with van der Waals surface area (Å²) in [5.41, 5.74) is 10.4. The van der Waals surface area contributed by atoms with Crippen LogP contribution in [0.25, 0.3) is 0 Å². The van der Waals surface area contributed by atoms with E-state index >= 15 is 19.2 Å². The highest BCUT2D eigenvalue weighted by molar-refractivity contribution is 6.03. The fourth-order valence-corrected chi connectivity index (χ4v) is 20.1. The van der Waals surface area contributed by atoms with E-state index in [1.54, 1.807) is 0 Å². The number of carbonyl (C=O) groups is 4. The molecule has 144 heavy (non-hydrogen) atoms.